The van der Waals surface area contributed by atoms with Crippen LogP contribution in [0.3, 0.4) is 0 Å². The van der Waals surface area contributed by atoms with Crippen molar-refractivity contribution in [1.82, 2.24) is 4.90 Å². The Labute approximate surface area is 113 Å². The Morgan fingerprint density at radius 1 is 1.37 bits per heavy atom. The number of carbonyl (C=O) groups is 2. The molecule has 0 aromatic heterocycles. The number of carboxylic acid groups (broad SMARTS) is 1. The molecule has 3 N–H and O–H groups in total. The van der Waals surface area contributed by atoms with Crippen LogP contribution in [0.25, 0.3) is 0 Å². The molecule has 1 aliphatic rings. The van der Waals surface area contributed by atoms with Gasteiger partial charge in [-0.25, -0.2) is 0 Å². The van der Waals surface area contributed by atoms with Gasteiger partial charge in [-0.15, -0.1) is 0 Å². The van der Waals surface area contributed by atoms with Crippen LogP contribution in [0.4, 0.5) is 0 Å². The summed E-state index contributed by atoms with van der Waals surface area (Å²) in [7, 11) is 0. The summed E-state index contributed by atoms with van der Waals surface area (Å²) in [6.45, 7) is 5.38. The molecule has 0 aromatic rings. The first-order valence-corrected chi connectivity index (χ1v) is 6.79. The molecule has 110 valence electrons. The number of hydrogen-bond acceptors (Lipinski definition) is 4. The number of piperidine rings is 1. The van der Waals surface area contributed by atoms with Gasteiger partial charge < -0.3 is 20.5 Å². The normalized spacial score (nSPS) is 18.6. The molecule has 1 aliphatic heterocycles. The Bertz CT molecular complexity index is 312. The number of amides is 1. The number of nitrogens with two attached hydrogens (primary N) is 1. The smallest absolute Gasteiger partial charge is 0.305 e. The lowest BCUT2D eigenvalue weighted by atomic mass is 10.0. The van der Waals surface area contributed by atoms with Gasteiger partial charge in [0.2, 0.25) is 5.91 Å². The van der Waals surface area contributed by atoms with Gasteiger partial charge in [-0.05, 0) is 18.8 Å². The largest absolute Gasteiger partial charge is 0.481 e. The third-order valence-corrected chi connectivity index (χ3v) is 3.43. The highest BCUT2D eigenvalue weighted by molar-refractivity contribution is 5.82. The third kappa shape index (κ3) is 5.16. The van der Waals surface area contributed by atoms with E-state index < -0.39 is 12.0 Å². The second-order valence-electron chi connectivity index (χ2n) is 5.31. The Balaban J connectivity index is 2.28. The zero-order valence-corrected chi connectivity index (χ0v) is 11.7. The average Bonchev–Trinajstić information content (AvgIpc) is 2.37. The third-order valence-electron chi connectivity index (χ3n) is 3.43. The van der Waals surface area contributed by atoms with Crippen molar-refractivity contribution in [1.29, 1.82) is 0 Å². The van der Waals surface area contributed by atoms with Crippen molar-refractivity contribution in [2.24, 2.45) is 11.7 Å². The molecule has 1 amide bonds. The first kappa shape index (κ1) is 15.9. The lowest BCUT2D eigenvalue weighted by molar-refractivity contribution is -0.139. The molecular formula is C13H24N2O4. The van der Waals surface area contributed by atoms with Crippen molar-refractivity contribution < 1.29 is 19.4 Å². The second kappa shape index (κ2) is 7.45. The number of carboxylic acids is 1. The van der Waals surface area contributed by atoms with Crippen LogP contribution in [0, 0.1) is 5.92 Å². The molecule has 19 heavy (non-hydrogen) atoms. The van der Waals surface area contributed by atoms with Crippen molar-refractivity contribution in [3.8, 4) is 0 Å². The van der Waals surface area contributed by atoms with E-state index in [0.717, 1.165) is 12.8 Å². The molecule has 1 atom stereocenters. The van der Waals surface area contributed by atoms with Gasteiger partial charge in [-0.2, -0.15) is 0 Å². The van der Waals surface area contributed by atoms with Gasteiger partial charge in [-0.1, -0.05) is 13.8 Å². The van der Waals surface area contributed by atoms with E-state index in [4.69, 9.17) is 15.6 Å². The van der Waals surface area contributed by atoms with E-state index >= 15 is 0 Å². The van der Waals surface area contributed by atoms with E-state index in [2.05, 4.69) is 0 Å². The van der Waals surface area contributed by atoms with Crippen molar-refractivity contribution in [3.05, 3.63) is 0 Å². The van der Waals surface area contributed by atoms with Gasteiger partial charge in [0, 0.05) is 13.1 Å². The number of aliphatic carboxylic acids is 1. The molecule has 0 bridgehead atoms. The minimum atomic E-state index is -0.851. The maximum Gasteiger partial charge on any atom is 0.305 e. The summed E-state index contributed by atoms with van der Waals surface area (Å²) in [5, 5.41) is 8.52. The zero-order chi connectivity index (χ0) is 14.4. The van der Waals surface area contributed by atoms with Gasteiger partial charge >= 0.3 is 5.97 Å². The zero-order valence-electron chi connectivity index (χ0n) is 11.7. The van der Waals surface area contributed by atoms with E-state index in [0.29, 0.717) is 13.1 Å². The molecule has 1 heterocycles. The fourth-order valence-corrected chi connectivity index (χ4v) is 2.05. The molecule has 1 rings (SSSR count). The van der Waals surface area contributed by atoms with E-state index in [1.165, 1.54) is 0 Å². The number of rotatable bonds is 6. The lowest BCUT2D eigenvalue weighted by Crippen LogP contribution is -2.50. The Kier molecular flexibility index (Phi) is 6.24. The van der Waals surface area contributed by atoms with Crippen molar-refractivity contribution >= 4 is 11.9 Å². The van der Waals surface area contributed by atoms with Crippen LogP contribution in [-0.2, 0) is 14.3 Å². The molecule has 0 aromatic carbocycles. The van der Waals surface area contributed by atoms with E-state index in [-0.39, 0.29) is 31.0 Å². The fourth-order valence-electron chi connectivity index (χ4n) is 2.05. The minimum absolute atomic E-state index is 0.000939. The van der Waals surface area contributed by atoms with Gasteiger partial charge in [-0.3, -0.25) is 9.59 Å². The summed E-state index contributed by atoms with van der Waals surface area (Å²) in [6, 6.07) is -0.440. The summed E-state index contributed by atoms with van der Waals surface area (Å²) >= 11 is 0. The van der Waals surface area contributed by atoms with Gasteiger partial charge in [0.1, 0.15) is 0 Å². The predicted molar refractivity (Wildman–Crippen MR) is 70.6 cm³/mol. The summed E-state index contributed by atoms with van der Waals surface area (Å²) in [6.07, 6.45) is 1.57. The van der Waals surface area contributed by atoms with Crippen LogP contribution < -0.4 is 5.73 Å². The van der Waals surface area contributed by atoms with E-state index in [1.807, 2.05) is 13.8 Å². The first-order chi connectivity index (χ1) is 8.91. The van der Waals surface area contributed by atoms with Crippen LogP contribution in [0.1, 0.15) is 33.1 Å². The van der Waals surface area contributed by atoms with Gasteiger partial charge in [0.15, 0.2) is 0 Å². The molecule has 0 spiro atoms. The standard InChI is InChI=1S/C13H24N2O4/c1-9(2)12(14)13(18)15-6-3-10(4-7-15)19-8-5-11(16)17/h9-10,12H,3-8,14H2,1-2H3,(H,16,17)/t12-/m1/s1. The molecule has 0 unspecified atom stereocenters. The highest BCUT2D eigenvalue weighted by Crippen LogP contribution is 2.16. The maximum atomic E-state index is 12.0. The van der Waals surface area contributed by atoms with Gasteiger partial charge in [0.05, 0.1) is 25.2 Å². The molecular weight excluding hydrogens is 248 g/mol. The monoisotopic (exact) mass is 272 g/mol. The molecule has 0 radical (unpaired) electrons. The molecule has 1 fully saturated rings. The van der Waals surface area contributed by atoms with Crippen LogP contribution in [0.2, 0.25) is 0 Å². The molecule has 0 aliphatic carbocycles. The Morgan fingerprint density at radius 2 is 1.95 bits per heavy atom. The quantitative estimate of drug-likeness (QED) is 0.732. The number of ether oxygens (including phenoxy) is 1. The van der Waals surface area contributed by atoms with Crippen molar-refractivity contribution in [2.75, 3.05) is 19.7 Å². The fraction of sp³-hybridized carbons (Fsp3) is 0.846. The van der Waals surface area contributed by atoms with Crippen molar-refractivity contribution in [3.63, 3.8) is 0 Å². The van der Waals surface area contributed by atoms with E-state index in [1.54, 1.807) is 4.90 Å². The number of carbonyl (C=O) groups excluding carboxylic acids is 1. The number of likely N-dealkylation sites (tertiary alicyclic amines) is 1. The molecule has 1 saturated heterocycles. The average molecular weight is 272 g/mol. The summed E-state index contributed by atoms with van der Waals surface area (Å²) in [5.41, 5.74) is 5.85. The first-order valence-electron chi connectivity index (χ1n) is 6.79. The minimum Gasteiger partial charge on any atom is -0.481 e. The van der Waals surface area contributed by atoms with Crippen LogP contribution >= 0.6 is 0 Å². The number of nitrogens with zero attached hydrogens (tertiary/aromatic N) is 1. The molecule has 6 heteroatoms. The molecule has 6 nitrogen and oxygen atoms in total. The van der Waals surface area contributed by atoms with E-state index in [9.17, 15) is 9.59 Å². The van der Waals surface area contributed by atoms with Crippen LogP contribution in [-0.4, -0.2) is 53.7 Å². The number of hydrogen-bond donors (Lipinski definition) is 2. The topological polar surface area (TPSA) is 92.9 Å². The SMILES string of the molecule is CC(C)[C@@H](N)C(=O)N1CCC(OCCC(=O)O)CC1. The highest BCUT2D eigenvalue weighted by Gasteiger charge is 2.27. The second-order valence-corrected chi connectivity index (χ2v) is 5.31. The Morgan fingerprint density at radius 3 is 2.42 bits per heavy atom. The summed E-state index contributed by atoms with van der Waals surface area (Å²) in [4.78, 5) is 24.2. The molecule has 0 saturated carbocycles. The van der Waals surface area contributed by atoms with Crippen LogP contribution in [0.5, 0.6) is 0 Å². The Hall–Kier alpha value is -1.14. The summed E-state index contributed by atoms with van der Waals surface area (Å²) < 4.78 is 5.48. The van der Waals surface area contributed by atoms with Gasteiger partial charge in [0.25, 0.3) is 0 Å². The lowest BCUT2D eigenvalue weighted by Gasteiger charge is -2.34. The highest BCUT2D eigenvalue weighted by atomic mass is 16.5. The van der Waals surface area contributed by atoms with Crippen LogP contribution in [0.15, 0.2) is 0 Å². The predicted octanol–water partition coefficient (Wildman–Crippen LogP) is 0.452. The summed E-state index contributed by atoms with van der Waals surface area (Å²) in [5.74, 6) is -0.716. The van der Waals surface area contributed by atoms with Crippen molar-refractivity contribution in [2.45, 2.75) is 45.3 Å². The maximum absolute atomic E-state index is 12.0.